The normalized spacial score (nSPS) is 22.0. The fraction of sp³-hybridized carbons (Fsp3) is 0.579. The molecule has 0 spiro atoms. The highest BCUT2D eigenvalue weighted by Gasteiger charge is 2.37. The fourth-order valence-corrected chi connectivity index (χ4v) is 4.10. The van der Waals surface area contributed by atoms with Crippen LogP contribution in [0, 0.1) is 12.8 Å². The standard InChI is InChI=1S/C19H27N3O3S/c1-12-16(4-3-5-17(12)26-2)21-19(25)20-14-8-15(9-14)22(11-18(23)24)10-13-6-7-13/h3-5,13-15H,6-11H2,1-2H3,(H,23,24)(H2,20,21,25). The van der Waals surface area contributed by atoms with E-state index < -0.39 is 5.97 Å². The van der Waals surface area contributed by atoms with Crippen molar-refractivity contribution < 1.29 is 14.7 Å². The van der Waals surface area contributed by atoms with Crippen molar-refractivity contribution in [2.24, 2.45) is 5.92 Å². The van der Waals surface area contributed by atoms with E-state index in [1.165, 1.54) is 12.8 Å². The molecule has 2 fully saturated rings. The summed E-state index contributed by atoms with van der Waals surface area (Å²) in [5.74, 6) is -0.111. The number of carbonyl (C=O) groups is 2. The Balaban J connectivity index is 1.47. The smallest absolute Gasteiger partial charge is 0.319 e. The van der Waals surface area contributed by atoms with Gasteiger partial charge < -0.3 is 15.7 Å². The Bertz CT molecular complexity index is 672. The quantitative estimate of drug-likeness (QED) is 0.606. The molecule has 2 saturated carbocycles. The number of carboxylic acid groups (broad SMARTS) is 1. The van der Waals surface area contributed by atoms with Crippen LogP contribution in [0.2, 0.25) is 0 Å². The fourth-order valence-electron chi connectivity index (χ4n) is 3.47. The molecule has 0 radical (unpaired) electrons. The summed E-state index contributed by atoms with van der Waals surface area (Å²) in [4.78, 5) is 26.6. The first-order valence-electron chi connectivity index (χ1n) is 9.13. The third kappa shape index (κ3) is 4.92. The predicted octanol–water partition coefficient (Wildman–Crippen LogP) is 3.17. The molecule has 1 aromatic carbocycles. The third-order valence-corrected chi connectivity index (χ3v) is 6.13. The molecule has 3 rings (SSSR count). The Morgan fingerprint density at radius 1 is 1.31 bits per heavy atom. The highest BCUT2D eigenvalue weighted by molar-refractivity contribution is 7.98. The molecule has 6 nitrogen and oxygen atoms in total. The highest BCUT2D eigenvalue weighted by atomic mass is 32.2. The molecule has 0 aliphatic heterocycles. The van der Waals surface area contributed by atoms with Gasteiger partial charge in [0, 0.05) is 29.2 Å². The average molecular weight is 378 g/mol. The molecule has 0 saturated heterocycles. The van der Waals surface area contributed by atoms with Gasteiger partial charge in [-0.25, -0.2) is 4.79 Å². The number of nitrogens with zero attached hydrogens (tertiary/aromatic N) is 1. The summed E-state index contributed by atoms with van der Waals surface area (Å²) < 4.78 is 0. The number of carboxylic acids is 1. The first-order valence-corrected chi connectivity index (χ1v) is 10.4. The van der Waals surface area contributed by atoms with Crippen LogP contribution in [-0.4, -0.2) is 53.4 Å². The van der Waals surface area contributed by atoms with Crippen LogP contribution >= 0.6 is 11.8 Å². The lowest BCUT2D eigenvalue weighted by Crippen LogP contribution is -2.55. The van der Waals surface area contributed by atoms with Gasteiger partial charge in [0.15, 0.2) is 0 Å². The van der Waals surface area contributed by atoms with Gasteiger partial charge in [0.05, 0.1) is 6.54 Å². The van der Waals surface area contributed by atoms with Gasteiger partial charge in [0.1, 0.15) is 0 Å². The molecule has 2 aliphatic carbocycles. The van der Waals surface area contributed by atoms with Gasteiger partial charge in [-0.15, -0.1) is 11.8 Å². The number of hydrogen-bond acceptors (Lipinski definition) is 4. The summed E-state index contributed by atoms with van der Waals surface area (Å²) in [6.45, 7) is 2.97. The molecule has 2 amide bonds. The van der Waals surface area contributed by atoms with E-state index in [9.17, 15) is 9.59 Å². The Kier molecular flexibility index (Phi) is 6.09. The van der Waals surface area contributed by atoms with Crippen LogP contribution in [0.15, 0.2) is 23.1 Å². The van der Waals surface area contributed by atoms with Crippen molar-refractivity contribution >= 4 is 29.4 Å². The van der Waals surface area contributed by atoms with Crippen LogP contribution in [0.1, 0.15) is 31.2 Å². The van der Waals surface area contributed by atoms with Crippen molar-refractivity contribution in [3.63, 3.8) is 0 Å². The number of nitrogens with one attached hydrogen (secondary N) is 2. The third-order valence-electron chi connectivity index (χ3n) is 5.24. The van der Waals surface area contributed by atoms with Gasteiger partial charge in [-0.05, 0) is 62.5 Å². The predicted molar refractivity (Wildman–Crippen MR) is 104 cm³/mol. The summed E-state index contributed by atoms with van der Waals surface area (Å²) in [7, 11) is 0. The molecule has 7 heteroatoms. The maximum atomic E-state index is 12.3. The zero-order chi connectivity index (χ0) is 18.7. The van der Waals surface area contributed by atoms with E-state index in [4.69, 9.17) is 5.11 Å². The van der Waals surface area contributed by atoms with Crippen molar-refractivity contribution in [1.82, 2.24) is 10.2 Å². The molecule has 2 aliphatic rings. The van der Waals surface area contributed by atoms with Crippen molar-refractivity contribution in [3.8, 4) is 0 Å². The van der Waals surface area contributed by atoms with E-state index in [0.717, 1.165) is 35.5 Å². The molecule has 0 atom stereocenters. The highest BCUT2D eigenvalue weighted by Crippen LogP contribution is 2.34. The van der Waals surface area contributed by atoms with Crippen molar-refractivity contribution in [1.29, 1.82) is 0 Å². The molecule has 26 heavy (non-hydrogen) atoms. The number of amides is 2. The second-order valence-electron chi connectivity index (χ2n) is 7.32. The minimum atomic E-state index is -0.774. The molecular formula is C19H27N3O3S. The Labute approximate surface area is 158 Å². The summed E-state index contributed by atoms with van der Waals surface area (Å²) >= 11 is 1.66. The molecular weight excluding hydrogens is 350 g/mol. The van der Waals surface area contributed by atoms with Crippen molar-refractivity contribution in [2.75, 3.05) is 24.7 Å². The first kappa shape index (κ1) is 19.0. The van der Waals surface area contributed by atoms with E-state index in [2.05, 4.69) is 15.5 Å². The van der Waals surface area contributed by atoms with E-state index in [-0.39, 0.29) is 24.7 Å². The van der Waals surface area contributed by atoms with Gasteiger partial charge in [0.2, 0.25) is 0 Å². The number of anilines is 1. The average Bonchev–Trinajstić information content (AvgIpc) is 3.35. The van der Waals surface area contributed by atoms with Crippen molar-refractivity contribution in [3.05, 3.63) is 23.8 Å². The number of thioether (sulfide) groups is 1. The maximum absolute atomic E-state index is 12.3. The topological polar surface area (TPSA) is 81.7 Å². The van der Waals surface area contributed by atoms with Crippen molar-refractivity contribution in [2.45, 2.75) is 49.6 Å². The second-order valence-corrected chi connectivity index (χ2v) is 8.17. The van der Waals surface area contributed by atoms with E-state index >= 15 is 0 Å². The number of rotatable bonds is 8. The molecule has 3 N–H and O–H groups in total. The van der Waals surface area contributed by atoms with Crippen LogP contribution < -0.4 is 10.6 Å². The van der Waals surface area contributed by atoms with Crippen LogP contribution in [0.25, 0.3) is 0 Å². The lowest BCUT2D eigenvalue weighted by Gasteiger charge is -2.42. The maximum Gasteiger partial charge on any atom is 0.319 e. The van der Waals surface area contributed by atoms with Crippen LogP contribution in [0.5, 0.6) is 0 Å². The minimum Gasteiger partial charge on any atom is -0.480 e. The van der Waals surface area contributed by atoms with Gasteiger partial charge in [0.25, 0.3) is 0 Å². The van der Waals surface area contributed by atoms with Crippen LogP contribution in [0.3, 0.4) is 0 Å². The minimum absolute atomic E-state index is 0.0980. The molecule has 0 heterocycles. The summed E-state index contributed by atoms with van der Waals surface area (Å²) in [5, 5.41) is 15.0. The summed E-state index contributed by atoms with van der Waals surface area (Å²) in [5.41, 5.74) is 1.89. The van der Waals surface area contributed by atoms with Gasteiger partial charge in [-0.2, -0.15) is 0 Å². The van der Waals surface area contributed by atoms with E-state index in [1.807, 2.05) is 31.4 Å². The van der Waals surface area contributed by atoms with E-state index in [0.29, 0.717) is 5.92 Å². The van der Waals surface area contributed by atoms with Gasteiger partial charge >= 0.3 is 12.0 Å². The molecule has 0 aromatic heterocycles. The Hall–Kier alpha value is -1.73. The summed E-state index contributed by atoms with van der Waals surface area (Å²) in [6, 6.07) is 6.06. The van der Waals surface area contributed by atoms with Gasteiger partial charge in [-0.1, -0.05) is 6.07 Å². The second kappa shape index (κ2) is 8.31. The number of hydrogen-bond donors (Lipinski definition) is 3. The zero-order valence-electron chi connectivity index (χ0n) is 15.3. The SMILES string of the molecule is CSc1cccc(NC(=O)NC2CC(N(CC(=O)O)CC3CC3)C2)c1C. The Morgan fingerprint density at radius 2 is 2.04 bits per heavy atom. The largest absolute Gasteiger partial charge is 0.480 e. The number of carbonyl (C=O) groups excluding carboxylic acids is 1. The van der Waals surface area contributed by atoms with Crippen LogP contribution in [-0.2, 0) is 4.79 Å². The summed E-state index contributed by atoms with van der Waals surface area (Å²) in [6.07, 6.45) is 6.07. The molecule has 0 unspecified atom stereocenters. The lowest BCUT2D eigenvalue weighted by atomic mass is 9.85. The monoisotopic (exact) mass is 377 g/mol. The zero-order valence-corrected chi connectivity index (χ0v) is 16.1. The van der Waals surface area contributed by atoms with Gasteiger partial charge in [-0.3, -0.25) is 9.69 Å². The number of urea groups is 1. The lowest BCUT2D eigenvalue weighted by molar-refractivity contribution is -0.139. The number of aliphatic carboxylic acids is 1. The molecule has 0 bridgehead atoms. The van der Waals surface area contributed by atoms with Crippen LogP contribution in [0.4, 0.5) is 10.5 Å². The number of benzene rings is 1. The molecule has 1 aromatic rings. The first-order chi connectivity index (χ1) is 12.5. The Morgan fingerprint density at radius 3 is 2.65 bits per heavy atom. The van der Waals surface area contributed by atoms with E-state index in [1.54, 1.807) is 11.8 Å². The molecule has 142 valence electrons.